The van der Waals surface area contributed by atoms with E-state index < -0.39 is 10.0 Å². The van der Waals surface area contributed by atoms with Gasteiger partial charge in [-0.15, -0.1) is 0 Å². The van der Waals surface area contributed by atoms with E-state index in [-0.39, 0.29) is 18.2 Å². The highest BCUT2D eigenvalue weighted by atomic mass is 32.2. The van der Waals surface area contributed by atoms with Crippen molar-refractivity contribution < 1.29 is 12.9 Å². The standard InChI is InChI=1S/C20H23N3O3S/c1-15(2)17-9-11-18(12-10-17)20-21-19(26-22-20)13-23(3)27(24,25)14-16-7-5-4-6-8-16/h4-12,15H,13-14H2,1-3H3. The predicted molar refractivity (Wildman–Crippen MR) is 104 cm³/mol. The Morgan fingerprint density at radius 1 is 1.04 bits per heavy atom. The van der Waals surface area contributed by atoms with E-state index in [1.807, 2.05) is 42.5 Å². The molecule has 0 aliphatic rings. The van der Waals surface area contributed by atoms with Crippen molar-refractivity contribution in [3.8, 4) is 11.4 Å². The summed E-state index contributed by atoms with van der Waals surface area (Å²) >= 11 is 0. The summed E-state index contributed by atoms with van der Waals surface area (Å²) in [5.74, 6) is 1.09. The summed E-state index contributed by atoms with van der Waals surface area (Å²) in [6, 6.07) is 17.0. The maximum Gasteiger partial charge on any atom is 0.242 e. The van der Waals surface area contributed by atoms with Crippen LogP contribution in [0.4, 0.5) is 0 Å². The van der Waals surface area contributed by atoms with E-state index in [1.165, 1.54) is 16.9 Å². The molecule has 0 aliphatic heterocycles. The smallest absolute Gasteiger partial charge is 0.242 e. The molecule has 1 heterocycles. The number of hydrogen-bond donors (Lipinski definition) is 0. The van der Waals surface area contributed by atoms with Crippen LogP contribution in [0, 0.1) is 0 Å². The fourth-order valence-corrected chi connectivity index (χ4v) is 3.78. The van der Waals surface area contributed by atoms with Gasteiger partial charge < -0.3 is 4.52 Å². The van der Waals surface area contributed by atoms with Crippen LogP contribution in [0.3, 0.4) is 0 Å². The van der Waals surface area contributed by atoms with Crippen molar-refractivity contribution in [2.24, 2.45) is 0 Å². The first-order chi connectivity index (χ1) is 12.8. The maximum atomic E-state index is 12.5. The van der Waals surface area contributed by atoms with Crippen LogP contribution in [-0.4, -0.2) is 29.9 Å². The number of aromatic nitrogens is 2. The molecule has 1 aromatic heterocycles. The van der Waals surface area contributed by atoms with Gasteiger partial charge >= 0.3 is 0 Å². The second kappa shape index (κ2) is 8.02. The Balaban J connectivity index is 1.69. The van der Waals surface area contributed by atoms with Crippen LogP contribution >= 0.6 is 0 Å². The molecule has 0 bridgehead atoms. The Morgan fingerprint density at radius 3 is 2.33 bits per heavy atom. The highest BCUT2D eigenvalue weighted by Gasteiger charge is 2.21. The molecule has 0 atom stereocenters. The molecule has 0 spiro atoms. The summed E-state index contributed by atoms with van der Waals surface area (Å²) in [5, 5.41) is 3.97. The lowest BCUT2D eigenvalue weighted by atomic mass is 10.0. The van der Waals surface area contributed by atoms with Gasteiger partial charge in [-0.2, -0.15) is 9.29 Å². The molecule has 7 heteroatoms. The summed E-state index contributed by atoms with van der Waals surface area (Å²) < 4.78 is 31.5. The third-order valence-corrected chi connectivity index (χ3v) is 6.11. The van der Waals surface area contributed by atoms with E-state index in [9.17, 15) is 8.42 Å². The number of rotatable bonds is 7. The van der Waals surface area contributed by atoms with Gasteiger partial charge in [0.05, 0.1) is 12.3 Å². The van der Waals surface area contributed by atoms with Crippen molar-refractivity contribution in [2.75, 3.05) is 7.05 Å². The summed E-state index contributed by atoms with van der Waals surface area (Å²) in [6.45, 7) is 4.30. The number of hydrogen-bond acceptors (Lipinski definition) is 5. The molecular formula is C20H23N3O3S. The van der Waals surface area contributed by atoms with Crippen molar-refractivity contribution in [1.29, 1.82) is 0 Å². The molecule has 0 N–H and O–H groups in total. The van der Waals surface area contributed by atoms with E-state index in [4.69, 9.17) is 4.52 Å². The molecule has 27 heavy (non-hydrogen) atoms. The first kappa shape index (κ1) is 19.3. The SMILES string of the molecule is CC(C)c1ccc(-c2noc(CN(C)S(=O)(=O)Cc3ccccc3)n2)cc1. The average Bonchev–Trinajstić information content (AvgIpc) is 3.11. The van der Waals surface area contributed by atoms with Crippen LogP contribution < -0.4 is 0 Å². The van der Waals surface area contributed by atoms with Crippen molar-refractivity contribution >= 4 is 10.0 Å². The summed E-state index contributed by atoms with van der Waals surface area (Å²) in [4.78, 5) is 4.33. The second-order valence-electron chi connectivity index (χ2n) is 6.79. The summed E-state index contributed by atoms with van der Waals surface area (Å²) in [6.07, 6.45) is 0. The lowest BCUT2D eigenvalue weighted by Gasteiger charge is -2.14. The molecule has 0 amide bonds. The third-order valence-electron chi connectivity index (χ3n) is 4.33. The van der Waals surface area contributed by atoms with Crippen LogP contribution in [0.1, 0.15) is 36.8 Å². The third kappa shape index (κ3) is 4.81. The van der Waals surface area contributed by atoms with Crippen molar-refractivity contribution in [3.63, 3.8) is 0 Å². The zero-order valence-corrected chi connectivity index (χ0v) is 16.5. The Labute approximate surface area is 159 Å². The monoisotopic (exact) mass is 385 g/mol. The summed E-state index contributed by atoms with van der Waals surface area (Å²) in [7, 11) is -1.96. The Hall–Kier alpha value is -2.51. The van der Waals surface area contributed by atoms with Crippen molar-refractivity contribution in [3.05, 3.63) is 71.6 Å². The minimum Gasteiger partial charge on any atom is -0.338 e. The Kier molecular flexibility index (Phi) is 5.72. The zero-order chi connectivity index (χ0) is 19.4. The van der Waals surface area contributed by atoms with Gasteiger partial charge in [0.2, 0.25) is 21.7 Å². The van der Waals surface area contributed by atoms with Crippen LogP contribution in [0.2, 0.25) is 0 Å². The normalized spacial score (nSPS) is 12.0. The van der Waals surface area contributed by atoms with Gasteiger partial charge in [0.25, 0.3) is 0 Å². The van der Waals surface area contributed by atoms with Gasteiger partial charge in [0, 0.05) is 12.6 Å². The molecule has 2 aromatic carbocycles. The van der Waals surface area contributed by atoms with Crippen molar-refractivity contribution in [2.45, 2.75) is 32.1 Å². The minimum atomic E-state index is -3.48. The molecule has 3 rings (SSSR count). The van der Waals surface area contributed by atoms with E-state index >= 15 is 0 Å². The predicted octanol–water partition coefficient (Wildman–Crippen LogP) is 3.82. The van der Waals surface area contributed by atoms with Gasteiger partial charge in [0.15, 0.2) is 0 Å². The van der Waals surface area contributed by atoms with Gasteiger partial charge in [-0.25, -0.2) is 8.42 Å². The molecule has 6 nitrogen and oxygen atoms in total. The topological polar surface area (TPSA) is 76.3 Å². The Bertz CT molecular complexity index is 981. The molecule has 0 radical (unpaired) electrons. The van der Waals surface area contributed by atoms with E-state index in [1.54, 1.807) is 12.1 Å². The molecule has 0 unspecified atom stereocenters. The minimum absolute atomic E-state index is 0.0340. The van der Waals surface area contributed by atoms with Gasteiger partial charge in [-0.05, 0) is 17.0 Å². The maximum absolute atomic E-state index is 12.5. The second-order valence-corrected chi connectivity index (χ2v) is 8.86. The molecular weight excluding hydrogens is 362 g/mol. The molecule has 0 saturated carbocycles. The largest absolute Gasteiger partial charge is 0.338 e. The fraction of sp³-hybridized carbons (Fsp3) is 0.300. The van der Waals surface area contributed by atoms with Crippen LogP contribution in [0.5, 0.6) is 0 Å². The lowest BCUT2D eigenvalue weighted by molar-refractivity contribution is 0.336. The molecule has 142 valence electrons. The Morgan fingerprint density at radius 2 is 1.70 bits per heavy atom. The average molecular weight is 385 g/mol. The van der Waals surface area contributed by atoms with E-state index in [0.717, 1.165) is 11.1 Å². The van der Waals surface area contributed by atoms with Crippen LogP contribution in [0.25, 0.3) is 11.4 Å². The van der Waals surface area contributed by atoms with Crippen LogP contribution in [-0.2, 0) is 22.3 Å². The fourth-order valence-electron chi connectivity index (χ4n) is 2.64. The van der Waals surface area contributed by atoms with E-state index in [0.29, 0.717) is 11.7 Å². The highest BCUT2D eigenvalue weighted by molar-refractivity contribution is 7.88. The molecule has 3 aromatic rings. The highest BCUT2D eigenvalue weighted by Crippen LogP contribution is 2.21. The molecule has 0 aliphatic carbocycles. The van der Waals surface area contributed by atoms with Crippen molar-refractivity contribution in [1.82, 2.24) is 14.4 Å². The van der Waals surface area contributed by atoms with E-state index in [2.05, 4.69) is 24.0 Å². The summed E-state index contributed by atoms with van der Waals surface area (Å²) in [5.41, 5.74) is 2.80. The lowest BCUT2D eigenvalue weighted by Crippen LogP contribution is -2.27. The number of nitrogens with zero attached hydrogens (tertiary/aromatic N) is 3. The first-order valence-electron chi connectivity index (χ1n) is 8.76. The number of sulfonamides is 1. The van der Waals surface area contributed by atoms with Gasteiger partial charge in [0.1, 0.15) is 0 Å². The van der Waals surface area contributed by atoms with Gasteiger partial charge in [-0.1, -0.05) is 73.6 Å². The quantitative estimate of drug-likeness (QED) is 0.618. The molecule has 0 saturated heterocycles. The van der Waals surface area contributed by atoms with Gasteiger partial charge in [-0.3, -0.25) is 0 Å². The first-order valence-corrected chi connectivity index (χ1v) is 10.4. The zero-order valence-electron chi connectivity index (χ0n) is 15.7. The molecule has 0 fully saturated rings. The number of benzene rings is 2. The van der Waals surface area contributed by atoms with Crippen LogP contribution in [0.15, 0.2) is 59.1 Å².